The molecule has 3 rings (SSSR count). The Balaban J connectivity index is 1.83. The average Bonchev–Trinajstić information content (AvgIpc) is 2.61. The van der Waals surface area contributed by atoms with Gasteiger partial charge in [-0.1, -0.05) is 25.1 Å². The normalized spacial score (nSPS) is 21.8. The number of para-hydroxylation sites is 1. The number of aliphatic carboxylic acids is 1. The number of methoxy groups -OCH3 is 1. The van der Waals surface area contributed by atoms with Gasteiger partial charge in [-0.15, -0.1) is 0 Å². The number of ether oxygens (including phenoxy) is 1. The van der Waals surface area contributed by atoms with Crippen LogP contribution in [-0.2, 0) is 11.3 Å². The third-order valence-corrected chi connectivity index (χ3v) is 5.13. The van der Waals surface area contributed by atoms with Crippen molar-refractivity contribution in [2.75, 3.05) is 20.2 Å². The first-order valence-corrected chi connectivity index (χ1v) is 8.46. The molecule has 24 heavy (non-hydrogen) atoms. The van der Waals surface area contributed by atoms with E-state index in [1.165, 1.54) is 0 Å². The molecule has 1 atom stereocenters. The van der Waals surface area contributed by atoms with Crippen LogP contribution in [0.4, 0.5) is 0 Å². The molecule has 0 saturated carbocycles. The maximum atomic E-state index is 11.7. The SMILES string of the molecule is CC[C@]1(C(=O)O)CCCN(Cc2ccc3cccc(OC)c3n2)C1. The van der Waals surface area contributed by atoms with Gasteiger partial charge in [-0.05, 0) is 37.9 Å². The summed E-state index contributed by atoms with van der Waals surface area (Å²) in [7, 11) is 1.65. The molecule has 0 aliphatic carbocycles. The summed E-state index contributed by atoms with van der Waals surface area (Å²) in [5.74, 6) is 0.0873. The molecule has 0 bridgehead atoms. The van der Waals surface area contributed by atoms with Gasteiger partial charge in [0.2, 0.25) is 0 Å². The van der Waals surface area contributed by atoms with Crippen LogP contribution in [0.2, 0.25) is 0 Å². The number of rotatable bonds is 5. The van der Waals surface area contributed by atoms with E-state index in [-0.39, 0.29) is 0 Å². The predicted molar refractivity (Wildman–Crippen MR) is 93.2 cm³/mol. The number of likely N-dealkylation sites (tertiary alicyclic amines) is 1. The third kappa shape index (κ3) is 3.08. The molecule has 5 heteroatoms. The highest BCUT2D eigenvalue weighted by Crippen LogP contribution is 2.34. The fraction of sp³-hybridized carbons (Fsp3) is 0.474. The van der Waals surface area contributed by atoms with Crippen LogP contribution in [0.15, 0.2) is 30.3 Å². The lowest BCUT2D eigenvalue weighted by atomic mass is 9.77. The largest absolute Gasteiger partial charge is 0.494 e. The van der Waals surface area contributed by atoms with Crippen LogP contribution in [-0.4, -0.2) is 41.2 Å². The Labute approximate surface area is 142 Å². The average molecular weight is 328 g/mol. The molecule has 1 aromatic heterocycles. The predicted octanol–water partition coefficient (Wildman–Crippen LogP) is 3.32. The molecular formula is C19H24N2O3. The number of carbonyl (C=O) groups is 1. The van der Waals surface area contributed by atoms with Gasteiger partial charge in [0.15, 0.2) is 0 Å². The molecule has 1 fully saturated rings. The first-order valence-electron chi connectivity index (χ1n) is 8.46. The molecule has 2 heterocycles. The lowest BCUT2D eigenvalue weighted by Gasteiger charge is -2.39. The standard InChI is InChI=1S/C19H24N2O3/c1-3-19(18(22)23)10-5-11-21(13-19)12-15-9-8-14-6-4-7-16(24-2)17(14)20-15/h4,6-9H,3,5,10-13H2,1-2H3,(H,22,23)/t19-/m0/s1. The maximum absolute atomic E-state index is 11.7. The molecule has 1 aliphatic rings. The molecule has 0 radical (unpaired) electrons. The zero-order valence-corrected chi connectivity index (χ0v) is 14.3. The van der Waals surface area contributed by atoms with Crippen LogP contribution in [0, 0.1) is 5.41 Å². The molecule has 128 valence electrons. The van der Waals surface area contributed by atoms with Gasteiger partial charge in [-0.2, -0.15) is 0 Å². The molecule has 0 spiro atoms. The molecule has 5 nitrogen and oxygen atoms in total. The molecule has 1 N–H and O–H groups in total. The smallest absolute Gasteiger partial charge is 0.310 e. The second-order valence-corrected chi connectivity index (χ2v) is 6.59. The summed E-state index contributed by atoms with van der Waals surface area (Å²) in [5, 5.41) is 10.7. The van der Waals surface area contributed by atoms with Gasteiger partial charge < -0.3 is 9.84 Å². The summed E-state index contributed by atoms with van der Waals surface area (Å²) in [5.41, 5.74) is 1.19. The lowest BCUT2D eigenvalue weighted by Crippen LogP contribution is -2.47. The Morgan fingerprint density at radius 3 is 2.92 bits per heavy atom. The zero-order valence-electron chi connectivity index (χ0n) is 14.3. The first kappa shape index (κ1) is 16.7. The number of benzene rings is 1. The van der Waals surface area contributed by atoms with Gasteiger partial charge in [0, 0.05) is 18.5 Å². The van der Waals surface area contributed by atoms with Crippen molar-refractivity contribution >= 4 is 16.9 Å². The Morgan fingerprint density at radius 1 is 1.38 bits per heavy atom. The summed E-state index contributed by atoms with van der Waals surface area (Å²) in [6, 6.07) is 9.95. The zero-order chi connectivity index (χ0) is 17.2. The van der Waals surface area contributed by atoms with E-state index in [1.54, 1.807) is 7.11 Å². The van der Waals surface area contributed by atoms with E-state index in [0.29, 0.717) is 19.5 Å². The van der Waals surface area contributed by atoms with Crippen LogP contribution in [0.3, 0.4) is 0 Å². The number of carboxylic acids is 1. The van der Waals surface area contributed by atoms with Crippen molar-refractivity contribution in [3.63, 3.8) is 0 Å². The number of fused-ring (bicyclic) bond motifs is 1. The van der Waals surface area contributed by atoms with Crippen LogP contribution in [0.1, 0.15) is 31.9 Å². The molecule has 1 aliphatic heterocycles. The van der Waals surface area contributed by atoms with Crippen molar-refractivity contribution in [1.29, 1.82) is 0 Å². The van der Waals surface area contributed by atoms with Crippen molar-refractivity contribution in [1.82, 2.24) is 9.88 Å². The maximum Gasteiger partial charge on any atom is 0.310 e. The fourth-order valence-corrected chi connectivity index (χ4v) is 3.62. The summed E-state index contributed by atoms with van der Waals surface area (Å²) >= 11 is 0. The summed E-state index contributed by atoms with van der Waals surface area (Å²) < 4.78 is 5.40. The number of hydrogen-bond donors (Lipinski definition) is 1. The van der Waals surface area contributed by atoms with Crippen molar-refractivity contribution in [2.45, 2.75) is 32.7 Å². The first-order chi connectivity index (χ1) is 11.6. The molecular weight excluding hydrogens is 304 g/mol. The van der Waals surface area contributed by atoms with Crippen molar-refractivity contribution in [2.24, 2.45) is 5.41 Å². The second-order valence-electron chi connectivity index (χ2n) is 6.59. The Bertz CT molecular complexity index is 746. The molecule has 0 unspecified atom stereocenters. The van der Waals surface area contributed by atoms with Gasteiger partial charge in [-0.3, -0.25) is 9.69 Å². The van der Waals surface area contributed by atoms with E-state index in [1.807, 2.05) is 31.2 Å². The monoisotopic (exact) mass is 328 g/mol. The van der Waals surface area contributed by atoms with Gasteiger partial charge in [0.1, 0.15) is 11.3 Å². The van der Waals surface area contributed by atoms with Crippen molar-refractivity contribution in [3.05, 3.63) is 36.0 Å². The highest BCUT2D eigenvalue weighted by molar-refractivity contribution is 5.84. The van der Waals surface area contributed by atoms with E-state index in [0.717, 1.165) is 41.7 Å². The minimum atomic E-state index is -0.678. The van der Waals surface area contributed by atoms with Crippen LogP contribution in [0.5, 0.6) is 5.75 Å². The lowest BCUT2D eigenvalue weighted by molar-refractivity contribution is -0.153. The quantitative estimate of drug-likeness (QED) is 0.912. The van der Waals surface area contributed by atoms with Crippen LogP contribution in [0.25, 0.3) is 10.9 Å². The van der Waals surface area contributed by atoms with Gasteiger partial charge in [0.25, 0.3) is 0 Å². The fourth-order valence-electron chi connectivity index (χ4n) is 3.62. The number of pyridine rings is 1. The summed E-state index contributed by atoms with van der Waals surface area (Å²) in [4.78, 5) is 18.7. The summed E-state index contributed by atoms with van der Waals surface area (Å²) in [6.45, 7) is 4.14. The van der Waals surface area contributed by atoms with E-state index in [2.05, 4.69) is 11.0 Å². The summed E-state index contributed by atoms with van der Waals surface area (Å²) in [6.07, 6.45) is 2.34. The van der Waals surface area contributed by atoms with E-state index >= 15 is 0 Å². The van der Waals surface area contributed by atoms with Gasteiger partial charge >= 0.3 is 5.97 Å². The second kappa shape index (κ2) is 6.77. The Morgan fingerprint density at radius 2 is 2.21 bits per heavy atom. The number of piperidine rings is 1. The van der Waals surface area contributed by atoms with Crippen molar-refractivity contribution < 1.29 is 14.6 Å². The van der Waals surface area contributed by atoms with E-state index in [4.69, 9.17) is 9.72 Å². The molecule has 0 amide bonds. The Kier molecular flexibility index (Phi) is 4.71. The van der Waals surface area contributed by atoms with Gasteiger partial charge in [0.05, 0.1) is 18.2 Å². The number of carboxylic acid groups (broad SMARTS) is 1. The molecule has 2 aromatic rings. The van der Waals surface area contributed by atoms with Gasteiger partial charge in [-0.25, -0.2) is 4.98 Å². The molecule has 1 saturated heterocycles. The topological polar surface area (TPSA) is 62.7 Å². The highest BCUT2D eigenvalue weighted by atomic mass is 16.5. The van der Waals surface area contributed by atoms with Crippen molar-refractivity contribution in [3.8, 4) is 5.75 Å². The van der Waals surface area contributed by atoms with Crippen LogP contribution >= 0.6 is 0 Å². The third-order valence-electron chi connectivity index (χ3n) is 5.13. The Hall–Kier alpha value is -2.14. The van der Waals surface area contributed by atoms with E-state index in [9.17, 15) is 9.90 Å². The number of hydrogen-bond acceptors (Lipinski definition) is 4. The number of aromatic nitrogens is 1. The highest BCUT2D eigenvalue weighted by Gasteiger charge is 2.40. The van der Waals surface area contributed by atoms with Crippen LogP contribution < -0.4 is 4.74 Å². The van der Waals surface area contributed by atoms with E-state index < -0.39 is 11.4 Å². The molecule has 1 aromatic carbocycles. The minimum absolute atomic E-state index is 0.588. The number of nitrogens with zero attached hydrogens (tertiary/aromatic N) is 2. The minimum Gasteiger partial charge on any atom is -0.494 e.